The Labute approximate surface area is 174 Å². The molecular formula is C20H23N5O3S. The van der Waals surface area contributed by atoms with E-state index in [2.05, 4.69) is 15.3 Å². The lowest BCUT2D eigenvalue weighted by Crippen LogP contribution is -2.08. The van der Waals surface area contributed by atoms with Gasteiger partial charge in [-0.2, -0.15) is 14.9 Å². The molecule has 1 N–H and O–H groups in total. The molecule has 1 heterocycles. The van der Waals surface area contributed by atoms with E-state index in [4.69, 9.17) is 26.4 Å². The van der Waals surface area contributed by atoms with Gasteiger partial charge in [0.1, 0.15) is 5.75 Å². The van der Waals surface area contributed by atoms with E-state index in [0.29, 0.717) is 33.4 Å². The highest BCUT2D eigenvalue weighted by Crippen LogP contribution is 2.33. The van der Waals surface area contributed by atoms with Crippen molar-refractivity contribution in [1.29, 1.82) is 0 Å². The number of methoxy groups -OCH3 is 3. The first kappa shape index (κ1) is 20.4. The highest BCUT2D eigenvalue weighted by molar-refractivity contribution is 7.71. The van der Waals surface area contributed by atoms with Crippen molar-refractivity contribution >= 4 is 24.1 Å². The molecule has 3 rings (SSSR count). The zero-order valence-corrected chi connectivity index (χ0v) is 17.8. The summed E-state index contributed by atoms with van der Waals surface area (Å²) in [7, 11) is 8.72. The first-order valence-electron chi connectivity index (χ1n) is 8.78. The zero-order valence-electron chi connectivity index (χ0n) is 17.0. The molecule has 0 unspecified atom stereocenters. The van der Waals surface area contributed by atoms with Crippen LogP contribution in [-0.2, 0) is 0 Å². The topological polar surface area (TPSA) is 76.9 Å². The number of benzene rings is 2. The largest absolute Gasteiger partial charge is 0.496 e. The van der Waals surface area contributed by atoms with Crippen molar-refractivity contribution in [3.8, 4) is 28.6 Å². The van der Waals surface area contributed by atoms with Crippen molar-refractivity contribution < 1.29 is 14.2 Å². The minimum atomic E-state index is 0.382. The molecule has 152 valence electrons. The van der Waals surface area contributed by atoms with Gasteiger partial charge in [0.15, 0.2) is 17.3 Å². The number of aromatic nitrogens is 3. The lowest BCUT2D eigenvalue weighted by molar-refractivity contribution is 0.349. The molecule has 1 aromatic heterocycles. The Morgan fingerprint density at radius 2 is 1.62 bits per heavy atom. The average Bonchev–Trinajstić information content (AvgIpc) is 3.11. The average molecular weight is 414 g/mol. The minimum absolute atomic E-state index is 0.382. The van der Waals surface area contributed by atoms with Gasteiger partial charge < -0.3 is 19.1 Å². The third-order valence-electron chi connectivity index (χ3n) is 4.34. The lowest BCUT2D eigenvalue weighted by Gasteiger charge is -2.12. The molecule has 8 nitrogen and oxygen atoms in total. The van der Waals surface area contributed by atoms with E-state index in [-0.39, 0.29) is 0 Å². The van der Waals surface area contributed by atoms with E-state index in [0.717, 1.165) is 11.3 Å². The summed E-state index contributed by atoms with van der Waals surface area (Å²) >= 11 is 5.35. The van der Waals surface area contributed by atoms with Gasteiger partial charge >= 0.3 is 0 Å². The molecule has 0 aliphatic carbocycles. The summed E-state index contributed by atoms with van der Waals surface area (Å²) in [4.78, 5) is 2.03. The van der Waals surface area contributed by atoms with E-state index in [1.165, 1.54) is 0 Å². The van der Waals surface area contributed by atoms with Crippen LogP contribution in [0.2, 0.25) is 0 Å². The summed E-state index contributed by atoms with van der Waals surface area (Å²) in [6.07, 6.45) is 1.64. The molecule has 2 aromatic carbocycles. The number of nitrogens with one attached hydrogen (secondary N) is 1. The molecular weight excluding hydrogens is 390 g/mol. The van der Waals surface area contributed by atoms with Crippen molar-refractivity contribution in [3.63, 3.8) is 0 Å². The highest BCUT2D eigenvalue weighted by atomic mass is 32.1. The maximum Gasteiger partial charge on any atom is 0.216 e. The Morgan fingerprint density at radius 1 is 1.00 bits per heavy atom. The Balaban J connectivity index is 2.00. The number of nitrogens with zero attached hydrogens (tertiary/aromatic N) is 4. The smallest absolute Gasteiger partial charge is 0.216 e. The van der Waals surface area contributed by atoms with Crippen molar-refractivity contribution in [1.82, 2.24) is 14.9 Å². The fraction of sp³-hybridized carbons (Fsp3) is 0.250. The van der Waals surface area contributed by atoms with Gasteiger partial charge in [-0.25, -0.2) is 5.10 Å². The van der Waals surface area contributed by atoms with Crippen LogP contribution in [0.15, 0.2) is 41.5 Å². The van der Waals surface area contributed by atoms with Crippen LogP contribution in [0.25, 0.3) is 11.4 Å². The van der Waals surface area contributed by atoms with E-state index in [9.17, 15) is 0 Å². The zero-order chi connectivity index (χ0) is 21.0. The monoisotopic (exact) mass is 413 g/mol. The van der Waals surface area contributed by atoms with Gasteiger partial charge in [0.2, 0.25) is 4.77 Å². The first-order valence-corrected chi connectivity index (χ1v) is 9.18. The molecule has 0 fully saturated rings. The van der Waals surface area contributed by atoms with E-state index in [1.807, 2.05) is 43.3 Å². The molecule has 0 saturated heterocycles. The van der Waals surface area contributed by atoms with Gasteiger partial charge in [-0.15, -0.1) is 0 Å². The summed E-state index contributed by atoms with van der Waals surface area (Å²) in [5, 5.41) is 11.6. The fourth-order valence-corrected chi connectivity index (χ4v) is 2.95. The standard InChI is InChI=1S/C20H23N5O3S/c1-24(2)15-8-6-13(7-9-15)19-22-23-20(29)25(19)21-12-14-10-17(27-4)18(28-5)11-16(14)26-3/h6-12H,1-5H3,(H,23,29)/b21-12-. The number of aromatic amines is 1. The second-order valence-electron chi connectivity index (χ2n) is 6.30. The number of hydrogen-bond acceptors (Lipinski definition) is 7. The van der Waals surface area contributed by atoms with Crippen LogP contribution < -0.4 is 19.1 Å². The summed E-state index contributed by atoms with van der Waals surface area (Å²) in [5.41, 5.74) is 2.69. The minimum Gasteiger partial charge on any atom is -0.496 e. The summed E-state index contributed by atoms with van der Waals surface area (Å²) in [6, 6.07) is 11.5. The van der Waals surface area contributed by atoms with E-state index < -0.39 is 0 Å². The van der Waals surface area contributed by atoms with E-state index in [1.54, 1.807) is 44.4 Å². The van der Waals surface area contributed by atoms with Gasteiger partial charge in [-0.05, 0) is 42.5 Å². The summed E-state index contributed by atoms with van der Waals surface area (Å²) in [5.74, 6) is 2.35. The Kier molecular flexibility index (Phi) is 6.18. The van der Waals surface area contributed by atoms with Crippen LogP contribution in [0.3, 0.4) is 0 Å². The Morgan fingerprint density at radius 3 is 2.21 bits per heavy atom. The summed E-state index contributed by atoms with van der Waals surface area (Å²) < 4.78 is 18.1. The quantitative estimate of drug-likeness (QED) is 0.471. The molecule has 0 amide bonds. The molecule has 0 spiro atoms. The summed E-state index contributed by atoms with van der Waals surface area (Å²) in [6.45, 7) is 0. The predicted molar refractivity (Wildman–Crippen MR) is 116 cm³/mol. The Bertz CT molecular complexity index is 1070. The van der Waals surface area contributed by atoms with Crippen LogP contribution in [0.4, 0.5) is 5.69 Å². The van der Waals surface area contributed by atoms with Crippen LogP contribution in [-0.4, -0.2) is 56.5 Å². The predicted octanol–water partition coefficient (Wildman–Crippen LogP) is 3.58. The van der Waals surface area contributed by atoms with Gasteiger partial charge in [0.25, 0.3) is 0 Å². The normalized spacial score (nSPS) is 10.9. The first-order chi connectivity index (χ1) is 14.0. The van der Waals surface area contributed by atoms with Gasteiger partial charge in [0.05, 0.1) is 27.5 Å². The molecule has 0 atom stereocenters. The van der Waals surface area contributed by atoms with E-state index >= 15 is 0 Å². The molecule has 29 heavy (non-hydrogen) atoms. The number of ether oxygens (including phenoxy) is 3. The molecule has 3 aromatic rings. The lowest BCUT2D eigenvalue weighted by atomic mass is 10.2. The third kappa shape index (κ3) is 4.24. The number of rotatable bonds is 7. The number of H-pyrrole nitrogens is 1. The van der Waals surface area contributed by atoms with Crippen LogP contribution in [0.1, 0.15) is 5.56 Å². The molecule has 9 heteroatoms. The third-order valence-corrected chi connectivity index (χ3v) is 4.60. The second-order valence-corrected chi connectivity index (χ2v) is 6.69. The van der Waals surface area contributed by atoms with Crippen molar-refractivity contribution in [2.45, 2.75) is 0 Å². The van der Waals surface area contributed by atoms with Gasteiger partial charge in [-0.3, -0.25) is 0 Å². The highest BCUT2D eigenvalue weighted by Gasteiger charge is 2.12. The molecule has 0 aliphatic rings. The van der Waals surface area contributed by atoms with Crippen LogP contribution in [0, 0.1) is 4.77 Å². The molecule has 0 radical (unpaired) electrons. The van der Waals surface area contributed by atoms with Crippen LogP contribution >= 0.6 is 12.2 Å². The van der Waals surface area contributed by atoms with Crippen molar-refractivity contribution in [2.24, 2.45) is 5.10 Å². The Hall–Kier alpha value is -3.33. The molecule has 0 saturated carbocycles. The maximum absolute atomic E-state index is 5.45. The SMILES string of the molecule is COc1cc(OC)c(OC)cc1/C=N\n1c(-c2ccc(N(C)C)cc2)n[nH]c1=S. The van der Waals surface area contributed by atoms with Gasteiger partial charge in [0, 0.05) is 37.0 Å². The second kappa shape index (κ2) is 8.78. The molecule has 0 aliphatic heterocycles. The number of hydrogen-bond donors (Lipinski definition) is 1. The maximum atomic E-state index is 5.45. The molecule has 0 bridgehead atoms. The van der Waals surface area contributed by atoms with Crippen LogP contribution in [0.5, 0.6) is 17.2 Å². The fourth-order valence-electron chi connectivity index (χ4n) is 2.77. The number of anilines is 1. The van der Waals surface area contributed by atoms with Gasteiger partial charge in [-0.1, -0.05) is 0 Å². The van der Waals surface area contributed by atoms with Crippen molar-refractivity contribution in [2.75, 3.05) is 40.3 Å². The van der Waals surface area contributed by atoms with Crippen molar-refractivity contribution in [3.05, 3.63) is 46.7 Å².